The van der Waals surface area contributed by atoms with Crippen LogP contribution >= 0.6 is 0 Å². The lowest BCUT2D eigenvalue weighted by atomic mass is 10.3. The monoisotopic (exact) mass is 380 g/mol. The van der Waals surface area contributed by atoms with E-state index >= 15 is 0 Å². The van der Waals surface area contributed by atoms with Crippen LogP contribution < -0.4 is 5.43 Å². The van der Waals surface area contributed by atoms with Crippen LogP contribution in [0.15, 0.2) is 39.8 Å². The standard InChI is InChI=1S/C16H20N4O5S/c1-12-2-3-13(10-12)17-18-15-5-4-14(20(21)22)11-16(15)26(23,24)19-6-8-25-9-7-19/h4-5,10-11,18H,2-3,6-9H2,1H3/b17-13+. The average molecular weight is 380 g/mol. The van der Waals surface area contributed by atoms with Gasteiger partial charge in [-0.1, -0.05) is 5.57 Å². The molecule has 3 rings (SSSR count). The maximum atomic E-state index is 13.0. The van der Waals surface area contributed by atoms with Crippen LogP contribution in [-0.4, -0.2) is 49.7 Å². The van der Waals surface area contributed by atoms with E-state index in [4.69, 9.17) is 4.74 Å². The lowest BCUT2D eigenvalue weighted by Gasteiger charge is -2.26. The zero-order chi connectivity index (χ0) is 18.7. The van der Waals surface area contributed by atoms with Crippen molar-refractivity contribution in [1.29, 1.82) is 0 Å². The second-order valence-electron chi connectivity index (χ2n) is 6.16. The van der Waals surface area contributed by atoms with Crippen molar-refractivity contribution in [2.45, 2.75) is 24.7 Å². The fraction of sp³-hybridized carbons (Fsp3) is 0.438. The maximum Gasteiger partial charge on any atom is 0.270 e. The van der Waals surface area contributed by atoms with Gasteiger partial charge >= 0.3 is 0 Å². The first kappa shape index (κ1) is 18.5. The second-order valence-corrected chi connectivity index (χ2v) is 8.07. The molecule has 0 saturated carbocycles. The molecule has 1 fully saturated rings. The minimum absolute atomic E-state index is 0.156. The molecule has 1 aliphatic carbocycles. The summed E-state index contributed by atoms with van der Waals surface area (Å²) in [5, 5.41) is 15.3. The average Bonchev–Trinajstić information content (AvgIpc) is 3.05. The highest BCUT2D eigenvalue weighted by Crippen LogP contribution is 2.30. The van der Waals surface area contributed by atoms with Gasteiger partial charge in [0.2, 0.25) is 10.0 Å². The molecule has 0 bridgehead atoms. The molecule has 0 atom stereocenters. The largest absolute Gasteiger partial charge is 0.379 e. The number of hydrogen-bond donors (Lipinski definition) is 1. The van der Waals surface area contributed by atoms with E-state index in [1.807, 2.05) is 13.0 Å². The fourth-order valence-corrected chi connectivity index (χ4v) is 4.40. The molecule has 26 heavy (non-hydrogen) atoms. The van der Waals surface area contributed by atoms with Crippen LogP contribution in [0.1, 0.15) is 19.8 Å². The van der Waals surface area contributed by atoms with Gasteiger partial charge in [-0.3, -0.25) is 15.5 Å². The summed E-state index contributed by atoms with van der Waals surface area (Å²) in [5.41, 5.74) is 4.72. The number of rotatable bonds is 5. The summed E-state index contributed by atoms with van der Waals surface area (Å²) in [4.78, 5) is 10.3. The van der Waals surface area contributed by atoms with Crippen molar-refractivity contribution in [3.8, 4) is 0 Å². The molecule has 0 amide bonds. The molecule has 0 spiro atoms. The van der Waals surface area contributed by atoms with E-state index in [-0.39, 0.29) is 29.4 Å². The van der Waals surface area contributed by atoms with Gasteiger partial charge in [0.15, 0.2) is 0 Å². The third-order valence-electron chi connectivity index (χ3n) is 4.27. The minimum Gasteiger partial charge on any atom is -0.379 e. The summed E-state index contributed by atoms with van der Waals surface area (Å²) in [7, 11) is -3.90. The van der Waals surface area contributed by atoms with Crippen LogP contribution in [0.5, 0.6) is 0 Å². The van der Waals surface area contributed by atoms with Gasteiger partial charge in [0.25, 0.3) is 5.69 Å². The van der Waals surface area contributed by atoms with E-state index < -0.39 is 14.9 Å². The lowest BCUT2D eigenvalue weighted by molar-refractivity contribution is -0.385. The Morgan fingerprint density at radius 3 is 2.62 bits per heavy atom. The summed E-state index contributed by atoms with van der Waals surface area (Å²) in [6.07, 6.45) is 3.63. The van der Waals surface area contributed by atoms with Crippen molar-refractivity contribution >= 4 is 27.1 Å². The molecule has 1 aliphatic heterocycles. The quantitative estimate of drug-likeness (QED) is 0.618. The van der Waals surface area contributed by atoms with Gasteiger partial charge in [0, 0.05) is 25.2 Å². The second kappa shape index (κ2) is 7.52. The normalized spacial score (nSPS) is 20.2. The number of nitrogens with zero attached hydrogens (tertiary/aromatic N) is 3. The van der Waals surface area contributed by atoms with Crippen molar-refractivity contribution in [3.05, 3.63) is 40.0 Å². The van der Waals surface area contributed by atoms with Crippen LogP contribution in [0, 0.1) is 10.1 Å². The number of hydrazone groups is 1. The van der Waals surface area contributed by atoms with Crippen molar-refractivity contribution in [2.24, 2.45) is 5.10 Å². The summed E-state index contributed by atoms with van der Waals surface area (Å²) in [6, 6.07) is 3.71. The highest BCUT2D eigenvalue weighted by Gasteiger charge is 2.30. The van der Waals surface area contributed by atoms with E-state index in [2.05, 4.69) is 10.5 Å². The van der Waals surface area contributed by atoms with Crippen LogP contribution in [0.25, 0.3) is 0 Å². The number of nitrogens with one attached hydrogen (secondary N) is 1. The smallest absolute Gasteiger partial charge is 0.270 e. The molecule has 0 unspecified atom stereocenters. The minimum atomic E-state index is -3.90. The maximum absolute atomic E-state index is 13.0. The van der Waals surface area contributed by atoms with E-state index in [0.717, 1.165) is 24.6 Å². The molecule has 0 aromatic heterocycles. The zero-order valence-electron chi connectivity index (χ0n) is 14.3. The first-order valence-corrected chi connectivity index (χ1v) is 9.68. The fourth-order valence-electron chi connectivity index (χ4n) is 2.83. The van der Waals surface area contributed by atoms with E-state index in [9.17, 15) is 18.5 Å². The van der Waals surface area contributed by atoms with Crippen LogP contribution in [0.4, 0.5) is 11.4 Å². The number of sulfonamides is 1. The molecule has 9 nitrogen and oxygen atoms in total. The summed E-state index contributed by atoms with van der Waals surface area (Å²) in [6.45, 7) is 3.01. The van der Waals surface area contributed by atoms with Crippen molar-refractivity contribution in [3.63, 3.8) is 0 Å². The Labute approximate surface area is 151 Å². The molecular weight excluding hydrogens is 360 g/mol. The predicted molar refractivity (Wildman–Crippen MR) is 96.7 cm³/mol. The highest BCUT2D eigenvalue weighted by molar-refractivity contribution is 7.89. The number of hydrogen-bond acceptors (Lipinski definition) is 7. The Kier molecular flexibility index (Phi) is 5.35. The van der Waals surface area contributed by atoms with Crippen molar-refractivity contribution in [1.82, 2.24) is 4.31 Å². The molecule has 2 aliphatic rings. The third-order valence-corrected chi connectivity index (χ3v) is 6.21. The Morgan fingerprint density at radius 1 is 1.27 bits per heavy atom. The predicted octanol–water partition coefficient (Wildman–Crippen LogP) is 2.12. The number of ether oxygens (including phenoxy) is 1. The van der Waals surface area contributed by atoms with Crippen molar-refractivity contribution in [2.75, 3.05) is 31.7 Å². The van der Waals surface area contributed by atoms with Crippen LogP contribution in [0.2, 0.25) is 0 Å². The lowest BCUT2D eigenvalue weighted by Crippen LogP contribution is -2.40. The van der Waals surface area contributed by atoms with Gasteiger partial charge in [0.05, 0.1) is 29.5 Å². The first-order chi connectivity index (χ1) is 12.4. The summed E-state index contributed by atoms with van der Waals surface area (Å²) in [5.74, 6) is 0. The molecule has 10 heteroatoms. The Bertz CT molecular complexity index is 873. The Balaban J connectivity index is 1.97. The van der Waals surface area contributed by atoms with E-state index in [1.54, 1.807) is 0 Å². The van der Waals surface area contributed by atoms with Gasteiger partial charge in [-0.25, -0.2) is 8.42 Å². The number of nitro groups is 1. The molecule has 1 N–H and O–H groups in total. The number of allylic oxidation sites excluding steroid dienone is 2. The topological polar surface area (TPSA) is 114 Å². The SMILES string of the molecule is CC1=C/C(=N/Nc2ccc([N+](=O)[O-])cc2S(=O)(=O)N2CCOCC2)CC1. The number of anilines is 1. The number of nitro benzene ring substituents is 1. The molecule has 1 aromatic rings. The van der Waals surface area contributed by atoms with E-state index in [1.165, 1.54) is 22.0 Å². The summed E-state index contributed by atoms with van der Waals surface area (Å²) < 4.78 is 32.4. The molecule has 1 aromatic carbocycles. The highest BCUT2D eigenvalue weighted by atomic mass is 32.2. The van der Waals surface area contributed by atoms with Gasteiger partial charge in [-0.15, -0.1) is 0 Å². The van der Waals surface area contributed by atoms with Crippen molar-refractivity contribution < 1.29 is 18.1 Å². The van der Waals surface area contributed by atoms with Gasteiger partial charge in [-0.05, 0) is 31.9 Å². The molecule has 0 radical (unpaired) electrons. The van der Waals surface area contributed by atoms with Crippen LogP contribution in [-0.2, 0) is 14.8 Å². The molecular formula is C16H20N4O5S. The number of non-ortho nitro benzene ring substituents is 1. The van der Waals surface area contributed by atoms with Gasteiger partial charge in [-0.2, -0.15) is 9.41 Å². The van der Waals surface area contributed by atoms with E-state index in [0.29, 0.717) is 13.2 Å². The Hall–Kier alpha value is -2.30. The Morgan fingerprint density at radius 2 is 2.00 bits per heavy atom. The van der Waals surface area contributed by atoms with Gasteiger partial charge in [0.1, 0.15) is 4.90 Å². The van der Waals surface area contributed by atoms with Crippen LogP contribution in [0.3, 0.4) is 0 Å². The number of benzene rings is 1. The number of morpholine rings is 1. The molecule has 140 valence electrons. The molecule has 1 heterocycles. The summed E-state index contributed by atoms with van der Waals surface area (Å²) >= 11 is 0. The first-order valence-electron chi connectivity index (χ1n) is 8.24. The molecule has 1 saturated heterocycles. The third kappa shape index (κ3) is 3.92. The van der Waals surface area contributed by atoms with Gasteiger partial charge < -0.3 is 4.74 Å². The zero-order valence-corrected chi connectivity index (χ0v) is 15.2.